The summed E-state index contributed by atoms with van der Waals surface area (Å²) in [7, 11) is 0. The summed E-state index contributed by atoms with van der Waals surface area (Å²) >= 11 is 0. The second-order valence-electron chi connectivity index (χ2n) is 3.04. The fourth-order valence-electron chi connectivity index (χ4n) is 1.32. The third-order valence-electron chi connectivity index (χ3n) is 2.05. The number of carbonyl (C=O) groups is 1. The number of aliphatic hydroxyl groups excluding tert-OH is 1. The zero-order valence-corrected chi connectivity index (χ0v) is 8.23. The Morgan fingerprint density at radius 1 is 1.43 bits per heavy atom. The number of rotatable bonds is 4. The van der Waals surface area contributed by atoms with Crippen molar-refractivity contribution in [2.24, 2.45) is 0 Å². The highest BCUT2D eigenvalue weighted by atomic mass is 16.3. The topological polar surface area (TPSA) is 49.3 Å². The first-order valence-corrected chi connectivity index (χ1v) is 4.73. The van der Waals surface area contributed by atoms with Gasteiger partial charge >= 0.3 is 0 Å². The van der Waals surface area contributed by atoms with Crippen molar-refractivity contribution in [1.82, 2.24) is 5.32 Å². The molecule has 1 aromatic rings. The van der Waals surface area contributed by atoms with Crippen LogP contribution in [0.1, 0.15) is 18.4 Å². The van der Waals surface area contributed by atoms with Crippen LogP contribution in [0.15, 0.2) is 30.3 Å². The van der Waals surface area contributed by atoms with Gasteiger partial charge in [-0.2, -0.15) is 0 Å². The number of benzene rings is 1. The van der Waals surface area contributed by atoms with Gasteiger partial charge < -0.3 is 10.4 Å². The van der Waals surface area contributed by atoms with Crippen LogP contribution in [0.3, 0.4) is 0 Å². The quantitative estimate of drug-likeness (QED) is 0.746. The SMILES string of the molecule is CCNC(=O)C(CO)c1ccccc1. The van der Waals surface area contributed by atoms with Crippen molar-refractivity contribution >= 4 is 5.91 Å². The van der Waals surface area contributed by atoms with Crippen molar-refractivity contribution in [1.29, 1.82) is 0 Å². The average Bonchev–Trinajstić information content (AvgIpc) is 2.21. The van der Waals surface area contributed by atoms with Crippen LogP contribution in [0, 0.1) is 0 Å². The predicted molar refractivity (Wildman–Crippen MR) is 55.0 cm³/mol. The maximum absolute atomic E-state index is 11.5. The Kier molecular flexibility index (Phi) is 4.13. The van der Waals surface area contributed by atoms with Gasteiger partial charge in [0.25, 0.3) is 0 Å². The zero-order valence-electron chi connectivity index (χ0n) is 8.23. The summed E-state index contributed by atoms with van der Waals surface area (Å²) in [5.41, 5.74) is 0.848. The lowest BCUT2D eigenvalue weighted by Crippen LogP contribution is -2.30. The molecule has 0 saturated heterocycles. The number of carbonyl (C=O) groups excluding carboxylic acids is 1. The normalized spacial score (nSPS) is 12.1. The van der Waals surface area contributed by atoms with Gasteiger partial charge in [-0.3, -0.25) is 4.79 Å². The molecule has 0 bridgehead atoms. The van der Waals surface area contributed by atoms with Crippen molar-refractivity contribution in [2.75, 3.05) is 13.2 Å². The van der Waals surface area contributed by atoms with Crippen LogP contribution in [0.25, 0.3) is 0 Å². The molecule has 14 heavy (non-hydrogen) atoms. The summed E-state index contributed by atoms with van der Waals surface area (Å²) < 4.78 is 0. The standard InChI is InChI=1S/C11H15NO2/c1-2-12-11(14)10(8-13)9-6-4-3-5-7-9/h3-7,10,13H,2,8H2,1H3,(H,12,14). The zero-order chi connectivity index (χ0) is 10.4. The van der Waals surface area contributed by atoms with Crippen LogP contribution >= 0.6 is 0 Å². The Morgan fingerprint density at radius 3 is 2.57 bits per heavy atom. The molecule has 3 nitrogen and oxygen atoms in total. The lowest BCUT2D eigenvalue weighted by Gasteiger charge is -2.13. The molecule has 2 N–H and O–H groups in total. The summed E-state index contributed by atoms with van der Waals surface area (Å²) in [6.45, 7) is 2.29. The Hall–Kier alpha value is -1.35. The fourth-order valence-corrected chi connectivity index (χ4v) is 1.32. The molecule has 1 atom stereocenters. The van der Waals surface area contributed by atoms with Crippen LogP contribution in [0.5, 0.6) is 0 Å². The molecule has 0 aliphatic rings. The monoisotopic (exact) mass is 193 g/mol. The van der Waals surface area contributed by atoms with Gasteiger partial charge in [-0.05, 0) is 12.5 Å². The van der Waals surface area contributed by atoms with E-state index in [1.807, 2.05) is 37.3 Å². The molecule has 0 aliphatic carbocycles. The Morgan fingerprint density at radius 2 is 2.07 bits per heavy atom. The molecule has 0 aliphatic heterocycles. The minimum absolute atomic E-state index is 0.124. The third-order valence-corrected chi connectivity index (χ3v) is 2.05. The molecule has 0 heterocycles. The maximum atomic E-state index is 11.5. The first kappa shape index (κ1) is 10.7. The van der Waals surface area contributed by atoms with Gasteiger partial charge in [0.2, 0.25) is 5.91 Å². The van der Waals surface area contributed by atoms with Crippen molar-refractivity contribution in [3.8, 4) is 0 Å². The largest absolute Gasteiger partial charge is 0.395 e. The summed E-state index contributed by atoms with van der Waals surface area (Å²) in [5.74, 6) is -0.572. The lowest BCUT2D eigenvalue weighted by atomic mass is 9.99. The van der Waals surface area contributed by atoms with Gasteiger partial charge in [-0.1, -0.05) is 30.3 Å². The first-order valence-electron chi connectivity index (χ1n) is 4.73. The Bertz CT molecular complexity index is 285. The maximum Gasteiger partial charge on any atom is 0.229 e. The van der Waals surface area contributed by atoms with Gasteiger partial charge in [0.1, 0.15) is 0 Å². The van der Waals surface area contributed by atoms with Crippen LogP contribution < -0.4 is 5.32 Å². The second-order valence-corrected chi connectivity index (χ2v) is 3.04. The summed E-state index contributed by atoms with van der Waals surface area (Å²) in [5, 5.41) is 11.8. The van der Waals surface area contributed by atoms with E-state index in [1.54, 1.807) is 0 Å². The molecular formula is C11H15NO2. The average molecular weight is 193 g/mol. The first-order chi connectivity index (χ1) is 6.79. The van der Waals surface area contributed by atoms with Gasteiger partial charge in [-0.25, -0.2) is 0 Å². The lowest BCUT2D eigenvalue weighted by molar-refractivity contribution is -0.123. The number of amides is 1. The molecular weight excluding hydrogens is 178 g/mol. The Balaban J connectivity index is 2.77. The molecule has 1 unspecified atom stereocenters. The van der Waals surface area contributed by atoms with Crippen molar-refractivity contribution in [3.05, 3.63) is 35.9 Å². The molecule has 3 heteroatoms. The third kappa shape index (κ3) is 2.57. The molecule has 0 aromatic heterocycles. The van der Waals surface area contributed by atoms with E-state index >= 15 is 0 Å². The number of hydrogen-bond donors (Lipinski definition) is 2. The van der Waals surface area contributed by atoms with E-state index in [0.717, 1.165) is 5.56 Å². The van der Waals surface area contributed by atoms with E-state index in [4.69, 9.17) is 5.11 Å². The second kappa shape index (κ2) is 5.40. The molecule has 0 fully saturated rings. The molecule has 1 amide bonds. The van der Waals surface area contributed by atoms with Crippen LogP contribution in [0.4, 0.5) is 0 Å². The van der Waals surface area contributed by atoms with E-state index in [1.165, 1.54) is 0 Å². The number of nitrogens with one attached hydrogen (secondary N) is 1. The number of hydrogen-bond acceptors (Lipinski definition) is 2. The van der Waals surface area contributed by atoms with Gasteiger partial charge in [-0.15, -0.1) is 0 Å². The summed E-state index contributed by atoms with van der Waals surface area (Å²) in [4.78, 5) is 11.5. The van der Waals surface area contributed by atoms with E-state index in [9.17, 15) is 4.79 Å². The molecule has 1 rings (SSSR count). The van der Waals surface area contributed by atoms with E-state index in [-0.39, 0.29) is 12.5 Å². The molecule has 0 spiro atoms. The van der Waals surface area contributed by atoms with E-state index in [2.05, 4.69) is 5.32 Å². The number of likely N-dealkylation sites (N-methyl/N-ethyl adjacent to an activating group) is 1. The van der Waals surface area contributed by atoms with Gasteiger partial charge in [0, 0.05) is 6.54 Å². The highest BCUT2D eigenvalue weighted by Gasteiger charge is 2.17. The van der Waals surface area contributed by atoms with Crippen LogP contribution in [0.2, 0.25) is 0 Å². The highest BCUT2D eigenvalue weighted by Crippen LogP contribution is 2.14. The highest BCUT2D eigenvalue weighted by molar-refractivity contribution is 5.83. The Labute approximate surface area is 83.8 Å². The molecule has 0 radical (unpaired) electrons. The minimum atomic E-state index is -0.448. The molecule has 0 saturated carbocycles. The molecule has 76 valence electrons. The van der Waals surface area contributed by atoms with Crippen LogP contribution in [-0.2, 0) is 4.79 Å². The van der Waals surface area contributed by atoms with Crippen molar-refractivity contribution < 1.29 is 9.90 Å². The predicted octanol–water partition coefficient (Wildman–Crippen LogP) is 0.899. The smallest absolute Gasteiger partial charge is 0.229 e. The van der Waals surface area contributed by atoms with Crippen molar-refractivity contribution in [2.45, 2.75) is 12.8 Å². The van der Waals surface area contributed by atoms with Crippen molar-refractivity contribution in [3.63, 3.8) is 0 Å². The van der Waals surface area contributed by atoms with E-state index in [0.29, 0.717) is 6.54 Å². The summed E-state index contributed by atoms with van der Waals surface area (Å²) in [6, 6.07) is 9.29. The van der Waals surface area contributed by atoms with Gasteiger partial charge in [0.15, 0.2) is 0 Å². The van der Waals surface area contributed by atoms with E-state index < -0.39 is 5.92 Å². The van der Waals surface area contributed by atoms with Crippen LogP contribution in [-0.4, -0.2) is 24.2 Å². The number of aliphatic hydroxyl groups is 1. The minimum Gasteiger partial charge on any atom is -0.395 e. The summed E-state index contributed by atoms with van der Waals surface area (Å²) in [6.07, 6.45) is 0. The molecule has 1 aromatic carbocycles. The van der Waals surface area contributed by atoms with Gasteiger partial charge in [0.05, 0.1) is 12.5 Å². The fraction of sp³-hybridized carbons (Fsp3) is 0.364.